The van der Waals surface area contributed by atoms with E-state index in [1.807, 2.05) is 30.3 Å². The van der Waals surface area contributed by atoms with Crippen LogP contribution in [0.25, 0.3) is 0 Å². The van der Waals surface area contributed by atoms with E-state index in [4.69, 9.17) is 5.73 Å². The lowest BCUT2D eigenvalue weighted by Gasteiger charge is -2.21. The van der Waals surface area contributed by atoms with Gasteiger partial charge < -0.3 is 5.73 Å². The van der Waals surface area contributed by atoms with Gasteiger partial charge in [-0.2, -0.15) is 4.31 Å². The molecular weight excluding hydrogens is 392 g/mol. The van der Waals surface area contributed by atoms with Crippen LogP contribution in [0, 0.1) is 0 Å². The molecule has 1 saturated heterocycles. The van der Waals surface area contributed by atoms with Gasteiger partial charge in [0.25, 0.3) is 0 Å². The van der Waals surface area contributed by atoms with Crippen LogP contribution in [0.2, 0.25) is 0 Å². The van der Waals surface area contributed by atoms with Gasteiger partial charge in [-0.3, -0.25) is 0 Å². The number of sulfonamides is 1. The second-order valence-electron chi connectivity index (χ2n) is 6.54. The lowest BCUT2D eigenvalue weighted by Crippen LogP contribution is -2.38. The van der Waals surface area contributed by atoms with Crippen LogP contribution in [-0.2, 0) is 26.4 Å². The van der Waals surface area contributed by atoms with E-state index in [-0.39, 0.29) is 22.4 Å². The van der Waals surface area contributed by atoms with Crippen molar-refractivity contribution in [1.82, 2.24) is 4.31 Å². The molecule has 0 aliphatic carbocycles. The minimum Gasteiger partial charge on any atom is -0.326 e. The van der Waals surface area contributed by atoms with Gasteiger partial charge in [0.05, 0.1) is 12.0 Å². The number of nitrogens with zero attached hydrogens (tertiary/aromatic N) is 1. The summed E-state index contributed by atoms with van der Waals surface area (Å²) in [5.41, 5.74) is 6.59. The highest BCUT2D eigenvalue weighted by atomic mass is 32.2. The monoisotopic (exact) mass is 414 g/mol. The fourth-order valence-electron chi connectivity index (χ4n) is 3.38. The van der Waals surface area contributed by atoms with E-state index in [1.54, 1.807) is 12.1 Å². The maximum absolute atomic E-state index is 12.8. The van der Waals surface area contributed by atoms with E-state index in [0.29, 0.717) is 13.0 Å². The van der Waals surface area contributed by atoms with E-state index in [1.165, 1.54) is 4.31 Å². The van der Waals surface area contributed by atoms with Crippen molar-refractivity contribution in [2.24, 2.45) is 5.73 Å². The molecule has 2 aromatic rings. The Kier molecular flexibility index (Phi) is 5.55. The molecule has 2 N–H and O–H groups in total. The zero-order valence-corrected chi connectivity index (χ0v) is 16.9. The van der Waals surface area contributed by atoms with Crippen molar-refractivity contribution in [1.29, 1.82) is 0 Å². The second-order valence-corrected chi connectivity index (χ2v) is 11.9. The summed E-state index contributed by atoms with van der Waals surface area (Å²) in [5, 5.41) is 0. The minimum atomic E-state index is -3.57. The third kappa shape index (κ3) is 4.17. The number of thiophene rings is 1. The molecule has 0 unspecified atom stereocenters. The summed E-state index contributed by atoms with van der Waals surface area (Å²) in [6.45, 7) is 0.594. The third-order valence-corrected chi connectivity index (χ3v) is 9.40. The summed E-state index contributed by atoms with van der Waals surface area (Å²) in [6.07, 6.45) is 1.63. The van der Waals surface area contributed by atoms with Gasteiger partial charge in [0.1, 0.15) is 4.21 Å². The SMILES string of the molecule is CS(=O)(=O)N1C[C@@H](c2ccccc2)C[C@@H]1CS(=O)(=O)c1ccc(CN)s1. The number of rotatable bonds is 6. The molecule has 6 nitrogen and oxygen atoms in total. The Morgan fingerprint density at radius 2 is 1.81 bits per heavy atom. The zero-order valence-electron chi connectivity index (χ0n) is 14.4. The van der Waals surface area contributed by atoms with E-state index in [0.717, 1.165) is 28.0 Å². The summed E-state index contributed by atoms with van der Waals surface area (Å²) >= 11 is 1.15. The summed E-state index contributed by atoms with van der Waals surface area (Å²) < 4.78 is 51.6. The van der Waals surface area contributed by atoms with Gasteiger partial charge in [0.15, 0.2) is 9.84 Å². The smallest absolute Gasteiger partial charge is 0.211 e. The Hall–Kier alpha value is -1.26. The Balaban J connectivity index is 1.86. The predicted molar refractivity (Wildman–Crippen MR) is 103 cm³/mol. The van der Waals surface area contributed by atoms with Crippen LogP contribution in [0.1, 0.15) is 22.8 Å². The quantitative estimate of drug-likeness (QED) is 0.777. The Labute approximate surface area is 158 Å². The normalized spacial score (nSPS) is 21.9. The summed E-state index contributed by atoms with van der Waals surface area (Å²) in [6, 6.07) is 12.3. The molecule has 1 aromatic heterocycles. The number of sulfone groups is 1. The van der Waals surface area contributed by atoms with Gasteiger partial charge in [-0.15, -0.1) is 11.3 Å². The molecule has 1 aliphatic heterocycles. The molecule has 142 valence electrons. The highest BCUT2D eigenvalue weighted by Gasteiger charge is 2.40. The van der Waals surface area contributed by atoms with Crippen molar-refractivity contribution >= 4 is 31.2 Å². The molecule has 0 bridgehead atoms. The van der Waals surface area contributed by atoms with Crippen molar-refractivity contribution in [2.45, 2.75) is 29.1 Å². The van der Waals surface area contributed by atoms with Gasteiger partial charge in [-0.25, -0.2) is 16.8 Å². The Morgan fingerprint density at radius 3 is 2.38 bits per heavy atom. The van der Waals surface area contributed by atoms with Crippen LogP contribution in [-0.4, -0.2) is 45.7 Å². The van der Waals surface area contributed by atoms with Crippen LogP contribution < -0.4 is 5.73 Å². The molecule has 9 heteroatoms. The molecule has 0 saturated carbocycles. The number of benzene rings is 1. The number of nitrogens with two attached hydrogens (primary N) is 1. The number of hydrogen-bond acceptors (Lipinski definition) is 6. The molecule has 2 atom stereocenters. The molecule has 0 amide bonds. The third-order valence-electron chi connectivity index (χ3n) is 4.62. The fourth-order valence-corrected chi connectivity index (χ4v) is 7.54. The average molecular weight is 415 g/mol. The molecule has 26 heavy (non-hydrogen) atoms. The first-order chi connectivity index (χ1) is 12.2. The molecule has 1 aliphatic rings. The first-order valence-corrected chi connectivity index (χ1v) is 12.6. The fraction of sp³-hybridized carbons (Fsp3) is 0.412. The Bertz CT molecular complexity index is 968. The second kappa shape index (κ2) is 7.40. The number of hydrogen-bond donors (Lipinski definition) is 1. The van der Waals surface area contributed by atoms with Crippen LogP contribution in [0.5, 0.6) is 0 Å². The maximum Gasteiger partial charge on any atom is 0.211 e. The van der Waals surface area contributed by atoms with Crippen molar-refractivity contribution in [2.75, 3.05) is 18.6 Å². The largest absolute Gasteiger partial charge is 0.326 e. The van der Waals surface area contributed by atoms with Gasteiger partial charge in [0, 0.05) is 24.0 Å². The molecule has 3 rings (SSSR count). The van der Waals surface area contributed by atoms with Crippen molar-refractivity contribution < 1.29 is 16.8 Å². The van der Waals surface area contributed by atoms with E-state index in [2.05, 4.69) is 0 Å². The lowest BCUT2D eigenvalue weighted by atomic mass is 9.97. The molecule has 0 radical (unpaired) electrons. The predicted octanol–water partition coefficient (Wildman–Crippen LogP) is 1.80. The van der Waals surface area contributed by atoms with Crippen LogP contribution in [0.15, 0.2) is 46.7 Å². The molecule has 0 spiro atoms. The van der Waals surface area contributed by atoms with Gasteiger partial charge in [-0.05, 0) is 30.0 Å². The lowest BCUT2D eigenvalue weighted by molar-refractivity contribution is 0.411. The first kappa shape index (κ1) is 19.5. The first-order valence-electron chi connectivity index (χ1n) is 8.24. The van der Waals surface area contributed by atoms with Crippen LogP contribution in [0.3, 0.4) is 0 Å². The standard InChI is InChI=1S/C17H22N2O4S3/c1-25(20,21)19-11-14(13-5-3-2-4-6-13)9-15(19)12-26(22,23)17-8-7-16(10-18)24-17/h2-8,14-15H,9-12,18H2,1H3/t14-,15+/m0/s1. The van der Waals surface area contributed by atoms with E-state index < -0.39 is 25.9 Å². The van der Waals surface area contributed by atoms with E-state index in [9.17, 15) is 16.8 Å². The van der Waals surface area contributed by atoms with Crippen molar-refractivity contribution in [3.8, 4) is 0 Å². The highest BCUT2D eigenvalue weighted by Crippen LogP contribution is 2.35. The van der Waals surface area contributed by atoms with Crippen LogP contribution >= 0.6 is 11.3 Å². The van der Waals surface area contributed by atoms with Crippen molar-refractivity contribution in [3.63, 3.8) is 0 Å². The topological polar surface area (TPSA) is 97.5 Å². The van der Waals surface area contributed by atoms with Gasteiger partial charge >= 0.3 is 0 Å². The molecular formula is C17H22N2O4S3. The van der Waals surface area contributed by atoms with Crippen molar-refractivity contribution in [3.05, 3.63) is 52.9 Å². The molecule has 1 fully saturated rings. The summed E-state index contributed by atoms with van der Waals surface area (Å²) in [4.78, 5) is 0.789. The Morgan fingerprint density at radius 1 is 1.12 bits per heavy atom. The minimum absolute atomic E-state index is 0.00550. The molecule has 2 heterocycles. The van der Waals surface area contributed by atoms with Crippen LogP contribution in [0.4, 0.5) is 0 Å². The summed E-state index contributed by atoms with van der Waals surface area (Å²) in [5.74, 6) is -0.220. The van der Waals surface area contributed by atoms with E-state index >= 15 is 0 Å². The molecule has 1 aromatic carbocycles. The van der Waals surface area contributed by atoms with Gasteiger partial charge in [0.2, 0.25) is 10.0 Å². The zero-order chi connectivity index (χ0) is 18.9. The average Bonchev–Trinajstić information content (AvgIpc) is 3.22. The maximum atomic E-state index is 12.8. The van der Waals surface area contributed by atoms with Gasteiger partial charge in [-0.1, -0.05) is 30.3 Å². The summed E-state index contributed by atoms with van der Waals surface area (Å²) in [7, 11) is -7.07. The highest BCUT2D eigenvalue weighted by molar-refractivity contribution is 7.93.